The number of aromatic carboxylic acids is 1. The first-order chi connectivity index (χ1) is 16.1. The van der Waals surface area contributed by atoms with E-state index in [1.54, 1.807) is 24.3 Å². The molecule has 0 aliphatic carbocycles. The molecule has 3 aromatic rings. The number of carboxylic acid groups (broad SMARTS) is 1. The molecule has 1 fully saturated rings. The number of hydrogen-bond acceptors (Lipinski definition) is 3. The van der Waals surface area contributed by atoms with Crippen LogP contribution in [-0.4, -0.2) is 54.7 Å². The number of piperazine rings is 1. The van der Waals surface area contributed by atoms with Crippen molar-refractivity contribution in [2.24, 2.45) is 4.99 Å². The molecule has 1 aliphatic heterocycles. The van der Waals surface area contributed by atoms with Gasteiger partial charge in [-0.25, -0.2) is 9.18 Å². The highest BCUT2D eigenvalue weighted by atomic mass is 19.1. The molecule has 4 rings (SSSR count). The van der Waals surface area contributed by atoms with E-state index >= 15 is 0 Å². The van der Waals surface area contributed by atoms with E-state index in [9.17, 15) is 9.18 Å². The highest BCUT2D eigenvalue weighted by molar-refractivity contribution is 5.95. The summed E-state index contributed by atoms with van der Waals surface area (Å²) in [6, 6.07) is 23.5. The SMILES string of the molecule is O=C(O)c1ccc(NC(=NCCc2ccccc2)N2CCN(c3ccc(F)cc3)CC2)cc1. The highest BCUT2D eigenvalue weighted by Gasteiger charge is 2.20. The van der Waals surface area contributed by atoms with E-state index in [2.05, 4.69) is 27.2 Å². The molecule has 0 spiro atoms. The van der Waals surface area contributed by atoms with E-state index in [-0.39, 0.29) is 11.4 Å². The molecule has 0 amide bonds. The monoisotopic (exact) mass is 446 g/mol. The first-order valence-corrected chi connectivity index (χ1v) is 11.0. The van der Waals surface area contributed by atoms with Crippen LogP contribution in [0.5, 0.6) is 0 Å². The minimum Gasteiger partial charge on any atom is -0.478 e. The number of rotatable bonds is 6. The van der Waals surface area contributed by atoms with Crippen LogP contribution in [0.2, 0.25) is 0 Å². The Bertz CT molecular complexity index is 1080. The zero-order valence-corrected chi connectivity index (χ0v) is 18.3. The van der Waals surface area contributed by atoms with Crippen molar-refractivity contribution in [3.63, 3.8) is 0 Å². The molecule has 33 heavy (non-hydrogen) atoms. The van der Waals surface area contributed by atoms with Crippen molar-refractivity contribution in [3.8, 4) is 0 Å². The van der Waals surface area contributed by atoms with Crippen LogP contribution < -0.4 is 10.2 Å². The molecule has 6 nitrogen and oxygen atoms in total. The van der Waals surface area contributed by atoms with Crippen molar-refractivity contribution in [2.45, 2.75) is 6.42 Å². The Morgan fingerprint density at radius 1 is 0.909 bits per heavy atom. The Morgan fingerprint density at radius 2 is 1.58 bits per heavy atom. The molecule has 0 radical (unpaired) electrons. The average molecular weight is 447 g/mol. The predicted molar refractivity (Wildman–Crippen MR) is 130 cm³/mol. The maximum atomic E-state index is 13.3. The van der Waals surface area contributed by atoms with Crippen molar-refractivity contribution in [1.29, 1.82) is 0 Å². The van der Waals surface area contributed by atoms with Gasteiger partial charge in [0.15, 0.2) is 5.96 Å². The zero-order valence-electron chi connectivity index (χ0n) is 18.3. The van der Waals surface area contributed by atoms with Gasteiger partial charge in [-0.05, 0) is 60.5 Å². The Kier molecular flexibility index (Phi) is 7.19. The Labute approximate surface area is 193 Å². The van der Waals surface area contributed by atoms with Gasteiger partial charge in [-0.1, -0.05) is 30.3 Å². The van der Waals surface area contributed by atoms with Gasteiger partial charge in [0.2, 0.25) is 0 Å². The molecule has 3 aromatic carbocycles. The summed E-state index contributed by atoms with van der Waals surface area (Å²) in [6.45, 7) is 3.76. The second-order valence-corrected chi connectivity index (χ2v) is 7.90. The lowest BCUT2D eigenvalue weighted by atomic mass is 10.1. The summed E-state index contributed by atoms with van der Waals surface area (Å²) in [6.07, 6.45) is 0.833. The number of carboxylic acids is 1. The third-order valence-corrected chi connectivity index (χ3v) is 5.66. The fraction of sp³-hybridized carbons (Fsp3) is 0.231. The lowest BCUT2D eigenvalue weighted by molar-refractivity contribution is 0.0697. The minimum absolute atomic E-state index is 0.233. The quantitative estimate of drug-likeness (QED) is 0.435. The smallest absolute Gasteiger partial charge is 0.335 e. The summed E-state index contributed by atoms with van der Waals surface area (Å²) in [5.74, 6) is -0.411. The van der Waals surface area contributed by atoms with Gasteiger partial charge in [0.25, 0.3) is 0 Å². The van der Waals surface area contributed by atoms with Crippen LogP contribution in [-0.2, 0) is 6.42 Å². The van der Waals surface area contributed by atoms with Gasteiger partial charge >= 0.3 is 5.97 Å². The van der Waals surface area contributed by atoms with Crippen LogP contribution in [0, 0.1) is 5.82 Å². The number of anilines is 2. The van der Waals surface area contributed by atoms with E-state index in [1.807, 2.05) is 30.3 Å². The number of guanidine groups is 1. The van der Waals surface area contributed by atoms with Gasteiger partial charge in [-0.2, -0.15) is 0 Å². The Morgan fingerprint density at radius 3 is 2.21 bits per heavy atom. The van der Waals surface area contributed by atoms with Crippen molar-refractivity contribution < 1.29 is 14.3 Å². The fourth-order valence-corrected chi connectivity index (χ4v) is 3.81. The largest absolute Gasteiger partial charge is 0.478 e. The normalized spacial score (nSPS) is 14.3. The van der Waals surface area contributed by atoms with Gasteiger partial charge in [0.1, 0.15) is 5.82 Å². The number of nitrogens with zero attached hydrogens (tertiary/aromatic N) is 3. The summed E-state index contributed by atoms with van der Waals surface area (Å²) in [5, 5.41) is 12.5. The molecule has 2 N–H and O–H groups in total. The van der Waals surface area contributed by atoms with Crippen LogP contribution in [0.25, 0.3) is 0 Å². The molecule has 0 aromatic heterocycles. The Hall–Kier alpha value is -3.87. The van der Waals surface area contributed by atoms with Crippen LogP contribution in [0.1, 0.15) is 15.9 Å². The maximum Gasteiger partial charge on any atom is 0.335 e. The second kappa shape index (κ2) is 10.6. The van der Waals surface area contributed by atoms with E-state index in [1.165, 1.54) is 17.7 Å². The number of carbonyl (C=O) groups is 1. The van der Waals surface area contributed by atoms with Gasteiger partial charge in [0.05, 0.1) is 5.56 Å². The van der Waals surface area contributed by atoms with Gasteiger partial charge in [-0.15, -0.1) is 0 Å². The zero-order chi connectivity index (χ0) is 23.0. The summed E-state index contributed by atoms with van der Waals surface area (Å²) in [7, 11) is 0. The number of nitrogens with one attached hydrogen (secondary N) is 1. The molecule has 1 saturated heterocycles. The van der Waals surface area contributed by atoms with Crippen molar-refractivity contribution in [3.05, 3.63) is 95.8 Å². The third-order valence-electron chi connectivity index (χ3n) is 5.66. The highest BCUT2D eigenvalue weighted by Crippen LogP contribution is 2.18. The third kappa shape index (κ3) is 6.10. The maximum absolute atomic E-state index is 13.3. The number of hydrogen-bond donors (Lipinski definition) is 2. The number of aliphatic imine (C=N–C) groups is 1. The van der Waals surface area contributed by atoms with Crippen molar-refractivity contribution in [1.82, 2.24) is 4.90 Å². The molecule has 1 aliphatic rings. The molecule has 0 saturated carbocycles. The van der Waals surface area contributed by atoms with Gasteiger partial charge in [0, 0.05) is 44.1 Å². The first kappa shape index (κ1) is 22.3. The molecule has 0 unspecified atom stereocenters. The summed E-state index contributed by atoms with van der Waals surface area (Å²) >= 11 is 0. The van der Waals surface area contributed by atoms with E-state index in [0.717, 1.165) is 49.9 Å². The number of benzene rings is 3. The van der Waals surface area contributed by atoms with Gasteiger partial charge < -0.3 is 20.2 Å². The molecule has 0 bridgehead atoms. The van der Waals surface area contributed by atoms with E-state index in [4.69, 9.17) is 10.1 Å². The van der Waals surface area contributed by atoms with Crippen molar-refractivity contribution in [2.75, 3.05) is 42.9 Å². The van der Waals surface area contributed by atoms with Gasteiger partial charge in [-0.3, -0.25) is 4.99 Å². The molecular formula is C26H27FN4O2. The molecule has 1 heterocycles. The molecule has 7 heteroatoms. The lowest BCUT2D eigenvalue weighted by Crippen LogP contribution is -2.50. The number of halogens is 1. The second-order valence-electron chi connectivity index (χ2n) is 7.90. The minimum atomic E-state index is -0.949. The molecular weight excluding hydrogens is 419 g/mol. The Balaban J connectivity index is 1.45. The van der Waals surface area contributed by atoms with E-state index < -0.39 is 5.97 Å². The molecule has 170 valence electrons. The van der Waals surface area contributed by atoms with Crippen LogP contribution >= 0.6 is 0 Å². The topological polar surface area (TPSA) is 68.2 Å². The first-order valence-electron chi connectivity index (χ1n) is 11.0. The lowest BCUT2D eigenvalue weighted by Gasteiger charge is -2.37. The molecule has 0 atom stereocenters. The standard InChI is InChI=1S/C26H27FN4O2/c27-22-8-12-24(13-9-22)30-16-18-31(19-17-30)26(28-15-14-20-4-2-1-3-5-20)29-23-10-6-21(7-11-23)25(32)33/h1-13H,14-19H2,(H,28,29)(H,32,33). The predicted octanol–water partition coefficient (Wildman–Crippen LogP) is 4.36. The van der Waals surface area contributed by atoms with Crippen LogP contribution in [0.4, 0.5) is 15.8 Å². The summed E-state index contributed by atoms with van der Waals surface area (Å²) in [4.78, 5) is 20.4. The summed E-state index contributed by atoms with van der Waals surface area (Å²) < 4.78 is 13.3. The fourth-order valence-electron chi connectivity index (χ4n) is 3.81. The van der Waals surface area contributed by atoms with E-state index in [0.29, 0.717) is 6.54 Å². The van der Waals surface area contributed by atoms with Crippen LogP contribution in [0.15, 0.2) is 83.9 Å². The van der Waals surface area contributed by atoms with Crippen LogP contribution in [0.3, 0.4) is 0 Å². The summed E-state index contributed by atoms with van der Waals surface area (Å²) in [5.41, 5.74) is 3.28. The average Bonchev–Trinajstić information content (AvgIpc) is 2.85. The van der Waals surface area contributed by atoms with Crippen molar-refractivity contribution >= 4 is 23.3 Å².